The van der Waals surface area contributed by atoms with Crippen LogP contribution in [0.2, 0.25) is 5.02 Å². The first-order valence-corrected chi connectivity index (χ1v) is 12.0. The number of hydrogen-bond acceptors (Lipinski definition) is 6. The van der Waals surface area contributed by atoms with Gasteiger partial charge in [0.05, 0.1) is 18.2 Å². The number of amides is 1. The molecular formula is C27H25ClN4O3. The summed E-state index contributed by atoms with van der Waals surface area (Å²) < 4.78 is 11.4. The number of hydrogen-bond donors (Lipinski definition) is 1. The summed E-state index contributed by atoms with van der Waals surface area (Å²) in [5, 5.41) is 7.76. The van der Waals surface area contributed by atoms with Crippen LogP contribution in [0.15, 0.2) is 83.4 Å². The van der Waals surface area contributed by atoms with E-state index < -0.39 is 0 Å². The molecule has 35 heavy (non-hydrogen) atoms. The van der Waals surface area contributed by atoms with E-state index in [4.69, 9.17) is 20.9 Å². The Morgan fingerprint density at radius 2 is 1.91 bits per heavy atom. The van der Waals surface area contributed by atoms with Crippen molar-refractivity contribution < 1.29 is 14.1 Å². The highest BCUT2D eigenvalue weighted by molar-refractivity contribution is 6.30. The van der Waals surface area contributed by atoms with Crippen molar-refractivity contribution in [2.45, 2.75) is 19.4 Å². The number of likely N-dealkylation sites (tertiary alicyclic amines) is 1. The molecule has 0 saturated carbocycles. The molecule has 8 heteroatoms. The fraction of sp³-hybridized carbons (Fsp3) is 0.222. The monoisotopic (exact) mass is 488 g/mol. The van der Waals surface area contributed by atoms with Crippen LogP contribution in [-0.2, 0) is 11.3 Å². The van der Waals surface area contributed by atoms with Gasteiger partial charge in [-0.1, -0.05) is 59.2 Å². The molecule has 0 radical (unpaired) electrons. The zero-order chi connectivity index (χ0) is 24.0. The van der Waals surface area contributed by atoms with Crippen molar-refractivity contribution in [1.29, 1.82) is 0 Å². The summed E-state index contributed by atoms with van der Waals surface area (Å²) in [6.45, 7) is 1.97. The van der Waals surface area contributed by atoms with Gasteiger partial charge < -0.3 is 14.6 Å². The number of aromatic nitrogens is 2. The third-order valence-corrected chi connectivity index (χ3v) is 6.14. The molecule has 1 aliphatic heterocycles. The SMILES string of the molecule is O=C(Nc1ccccc1Oc1ccccc1)C1CCCN(Cc2nc(-c3cccc(Cl)c3)no2)C1. The predicted octanol–water partition coefficient (Wildman–Crippen LogP) is 6.03. The summed E-state index contributed by atoms with van der Waals surface area (Å²) in [4.78, 5) is 19.8. The van der Waals surface area contributed by atoms with Gasteiger partial charge in [0.2, 0.25) is 17.6 Å². The third-order valence-electron chi connectivity index (χ3n) is 5.90. The van der Waals surface area contributed by atoms with E-state index in [1.165, 1.54) is 0 Å². The normalized spacial score (nSPS) is 16.1. The van der Waals surface area contributed by atoms with Gasteiger partial charge in [0.25, 0.3) is 0 Å². The maximum atomic E-state index is 13.1. The van der Waals surface area contributed by atoms with Crippen molar-refractivity contribution in [3.63, 3.8) is 0 Å². The van der Waals surface area contributed by atoms with Gasteiger partial charge in [-0.3, -0.25) is 9.69 Å². The highest BCUT2D eigenvalue weighted by Crippen LogP contribution is 2.30. The van der Waals surface area contributed by atoms with Gasteiger partial charge in [-0.2, -0.15) is 4.98 Å². The summed E-state index contributed by atoms with van der Waals surface area (Å²) >= 11 is 6.07. The Bertz CT molecular complexity index is 1290. The van der Waals surface area contributed by atoms with E-state index in [0.717, 1.165) is 30.7 Å². The molecule has 5 rings (SSSR count). The quantitative estimate of drug-likeness (QED) is 0.342. The highest BCUT2D eigenvalue weighted by atomic mass is 35.5. The highest BCUT2D eigenvalue weighted by Gasteiger charge is 2.27. The van der Waals surface area contributed by atoms with Crippen molar-refractivity contribution in [1.82, 2.24) is 15.0 Å². The second-order valence-electron chi connectivity index (χ2n) is 8.50. The first kappa shape index (κ1) is 23.1. The van der Waals surface area contributed by atoms with Crippen molar-refractivity contribution in [2.24, 2.45) is 5.92 Å². The van der Waals surface area contributed by atoms with Crippen LogP contribution in [0.4, 0.5) is 5.69 Å². The molecule has 7 nitrogen and oxygen atoms in total. The number of para-hydroxylation sites is 3. The molecule has 0 bridgehead atoms. The number of anilines is 1. The van der Waals surface area contributed by atoms with Crippen LogP contribution in [0.1, 0.15) is 18.7 Å². The second-order valence-corrected chi connectivity index (χ2v) is 8.93. The number of halogens is 1. The van der Waals surface area contributed by atoms with E-state index in [0.29, 0.717) is 41.3 Å². The van der Waals surface area contributed by atoms with Gasteiger partial charge in [0.1, 0.15) is 5.75 Å². The number of carbonyl (C=O) groups excluding carboxylic acids is 1. The fourth-order valence-electron chi connectivity index (χ4n) is 4.18. The Hall–Kier alpha value is -3.68. The number of nitrogens with one attached hydrogen (secondary N) is 1. The van der Waals surface area contributed by atoms with Gasteiger partial charge in [-0.05, 0) is 55.8 Å². The molecule has 1 unspecified atom stereocenters. The molecule has 1 saturated heterocycles. The molecule has 1 fully saturated rings. The Morgan fingerprint density at radius 3 is 2.77 bits per heavy atom. The van der Waals surface area contributed by atoms with Crippen LogP contribution in [0.3, 0.4) is 0 Å². The predicted molar refractivity (Wildman–Crippen MR) is 134 cm³/mol. The van der Waals surface area contributed by atoms with Crippen molar-refractivity contribution in [2.75, 3.05) is 18.4 Å². The summed E-state index contributed by atoms with van der Waals surface area (Å²) in [7, 11) is 0. The lowest BCUT2D eigenvalue weighted by Crippen LogP contribution is -2.40. The number of ether oxygens (including phenoxy) is 1. The maximum absolute atomic E-state index is 13.1. The number of rotatable bonds is 7. The molecule has 4 aromatic rings. The minimum absolute atomic E-state index is 0.0241. The molecule has 3 aromatic carbocycles. The number of carbonyl (C=O) groups is 1. The van der Waals surface area contributed by atoms with E-state index >= 15 is 0 Å². The summed E-state index contributed by atoms with van der Waals surface area (Å²) in [5.41, 5.74) is 1.46. The van der Waals surface area contributed by atoms with Crippen LogP contribution in [0, 0.1) is 5.92 Å². The third kappa shape index (κ3) is 5.88. The molecule has 1 amide bonds. The Labute approximate surface area is 208 Å². The fourth-order valence-corrected chi connectivity index (χ4v) is 4.37. The van der Waals surface area contributed by atoms with E-state index in [1.54, 1.807) is 12.1 Å². The lowest BCUT2D eigenvalue weighted by Gasteiger charge is -2.31. The Kier molecular flexibility index (Phi) is 7.07. The first-order chi connectivity index (χ1) is 17.1. The molecule has 178 valence electrons. The van der Waals surface area contributed by atoms with Gasteiger partial charge >= 0.3 is 0 Å². The Balaban J connectivity index is 1.21. The molecule has 1 N–H and O–H groups in total. The first-order valence-electron chi connectivity index (χ1n) is 11.6. The number of piperidine rings is 1. The van der Waals surface area contributed by atoms with Gasteiger partial charge in [-0.15, -0.1) is 0 Å². The second kappa shape index (κ2) is 10.7. The average molecular weight is 489 g/mol. The van der Waals surface area contributed by atoms with Crippen LogP contribution < -0.4 is 10.1 Å². The molecule has 2 heterocycles. The van der Waals surface area contributed by atoms with Crippen molar-refractivity contribution in [3.8, 4) is 22.9 Å². The van der Waals surface area contributed by atoms with Gasteiger partial charge in [-0.25, -0.2) is 0 Å². The van der Waals surface area contributed by atoms with Crippen LogP contribution in [0.5, 0.6) is 11.5 Å². The lowest BCUT2D eigenvalue weighted by molar-refractivity contribution is -0.121. The zero-order valence-electron chi connectivity index (χ0n) is 19.1. The largest absolute Gasteiger partial charge is 0.455 e. The van der Waals surface area contributed by atoms with Crippen LogP contribution >= 0.6 is 11.6 Å². The topological polar surface area (TPSA) is 80.5 Å². The van der Waals surface area contributed by atoms with Crippen molar-refractivity contribution >= 4 is 23.2 Å². The van der Waals surface area contributed by atoms with Gasteiger partial charge in [0.15, 0.2) is 5.75 Å². The molecule has 0 spiro atoms. The van der Waals surface area contributed by atoms with Crippen LogP contribution in [-0.4, -0.2) is 34.0 Å². The Morgan fingerprint density at radius 1 is 1.09 bits per heavy atom. The standard InChI is InChI=1S/C27H25ClN4O3/c28-21-10-6-8-19(16-21)26-30-25(35-31-26)18-32-15-7-9-20(17-32)27(33)29-23-13-4-5-14-24(23)34-22-11-2-1-3-12-22/h1-6,8,10-14,16,20H,7,9,15,17-18H2,(H,29,33). The van der Waals surface area contributed by atoms with E-state index in [1.807, 2.05) is 66.7 Å². The average Bonchev–Trinajstić information content (AvgIpc) is 3.34. The summed E-state index contributed by atoms with van der Waals surface area (Å²) in [6, 6.07) is 24.3. The molecule has 1 aliphatic rings. The number of benzene rings is 3. The molecule has 0 aliphatic carbocycles. The minimum Gasteiger partial charge on any atom is -0.455 e. The smallest absolute Gasteiger partial charge is 0.241 e. The van der Waals surface area contributed by atoms with Gasteiger partial charge in [0, 0.05) is 17.1 Å². The summed E-state index contributed by atoms with van der Waals surface area (Å²) in [5.74, 6) is 2.17. The summed E-state index contributed by atoms with van der Waals surface area (Å²) in [6.07, 6.45) is 1.73. The molecule has 1 aromatic heterocycles. The number of nitrogens with zero attached hydrogens (tertiary/aromatic N) is 3. The molecular weight excluding hydrogens is 464 g/mol. The van der Waals surface area contributed by atoms with Crippen LogP contribution in [0.25, 0.3) is 11.4 Å². The van der Waals surface area contributed by atoms with E-state index in [2.05, 4.69) is 20.4 Å². The minimum atomic E-state index is -0.149. The maximum Gasteiger partial charge on any atom is 0.241 e. The molecule has 1 atom stereocenters. The van der Waals surface area contributed by atoms with E-state index in [9.17, 15) is 4.79 Å². The van der Waals surface area contributed by atoms with E-state index in [-0.39, 0.29) is 11.8 Å². The lowest BCUT2D eigenvalue weighted by atomic mass is 9.97. The van der Waals surface area contributed by atoms with Crippen molar-refractivity contribution in [3.05, 3.63) is 89.8 Å². The zero-order valence-corrected chi connectivity index (χ0v) is 19.8.